The van der Waals surface area contributed by atoms with E-state index >= 15 is 0 Å². The predicted octanol–water partition coefficient (Wildman–Crippen LogP) is 9.46. The minimum atomic E-state index is -0.0937. The van der Waals surface area contributed by atoms with E-state index in [1.165, 1.54) is 5.56 Å². The van der Waals surface area contributed by atoms with Gasteiger partial charge in [0.25, 0.3) is 0 Å². The van der Waals surface area contributed by atoms with E-state index in [0.717, 1.165) is 20.0 Å². The Morgan fingerprint density at radius 3 is 1.46 bits per heavy atom. The standard InChI is InChI=1S/C26H43N5S4/c1-23(2,3)30(24(4,5)6)21(32)34-16-18-13-14-20(28-29-27)15-19(18)17-35-22(33)31(25(7,8)9)26(10,11)12/h13-15H,16-17H2,1-12H3. The number of hydrogen-bond donors (Lipinski definition) is 0. The molecule has 1 rings (SSSR count). The van der Waals surface area contributed by atoms with Crippen molar-refractivity contribution < 1.29 is 0 Å². The zero-order valence-corrected chi connectivity index (χ0v) is 26.8. The van der Waals surface area contributed by atoms with Crippen molar-refractivity contribution in [2.24, 2.45) is 5.11 Å². The van der Waals surface area contributed by atoms with E-state index in [-0.39, 0.29) is 22.2 Å². The predicted molar refractivity (Wildman–Crippen MR) is 166 cm³/mol. The van der Waals surface area contributed by atoms with Gasteiger partial charge >= 0.3 is 0 Å². The molecule has 0 amide bonds. The van der Waals surface area contributed by atoms with E-state index in [0.29, 0.717) is 11.4 Å². The van der Waals surface area contributed by atoms with Crippen LogP contribution in [0.15, 0.2) is 23.3 Å². The van der Waals surface area contributed by atoms with Crippen molar-refractivity contribution in [2.45, 2.75) is 117 Å². The van der Waals surface area contributed by atoms with E-state index < -0.39 is 0 Å². The summed E-state index contributed by atoms with van der Waals surface area (Å²) in [6, 6.07) is 5.88. The van der Waals surface area contributed by atoms with Gasteiger partial charge in [-0.25, -0.2) is 0 Å². The second kappa shape index (κ2) is 12.0. The van der Waals surface area contributed by atoms with Gasteiger partial charge in [-0.15, -0.1) is 0 Å². The molecular weight excluding hydrogens is 511 g/mol. The Hall–Kier alpha value is -0.990. The summed E-state index contributed by atoms with van der Waals surface area (Å²) in [5.41, 5.74) is 11.5. The molecule has 0 saturated carbocycles. The first-order valence-corrected chi connectivity index (χ1v) is 14.6. The zero-order valence-electron chi connectivity index (χ0n) is 23.5. The number of nitrogens with zero attached hydrogens (tertiary/aromatic N) is 5. The molecule has 196 valence electrons. The molecule has 1 aromatic rings. The van der Waals surface area contributed by atoms with Crippen molar-refractivity contribution >= 4 is 62.3 Å². The van der Waals surface area contributed by atoms with E-state index in [2.05, 4.69) is 103 Å². The Morgan fingerprint density at radius 1 is 0.743 bits per heavy atom. The fourth-order valence-electron chi connectivity index (χ4n) is 4.52. The normalized spacial score (nSPS) is 12.7. The smallest absolute Gasteiger partial charge is 0.137 e. The molecule has 0 aliphatic carbocycles. The minimum Gasteiger partial charge on any atom is -0.348 e. The number of azide groups is 1. The highest BCUT2D eigenvalue weighted by molar-refractivity contribution is 8.22. The van der Waals surface area contributed by atoms with E-state index in [1.807, 2.05) is 18.2 Å². The maximum atomic E-state index is 8.94. The molecule has 5 nitrogen and oxygen atoms in total. The van der Waals surface area contributed by atoms with Gasteiger partial charge < -0.3 is 9.80 Å². The molecule has 35 heavy (non-hydrogen) atoms. The summed E-state index contributed by atoms with van der Waals surface area (Å²) in [6.45, 7) is 26.3. The second-order valence-corrected chi connectivity index (χ2v) is 15.8. The lowest BCUT2D eigenvalue weighted by Gasteiger charge is -2.47. The third-order valence-electron chi connectivity index (χ3n) is 5.10. The van der Waals surface area contributed by atoms with E-state index in [4.69, 9.17) is 30.0 Å². The summed E-state index contributed by atoms with van der Waals surface area (Å²) in [5.74, 6) is 1.43. The van der Waals surface area contributed by atoms with Crippen LogP contribution in [0.3, 0.4) is 0 Å². The molecular formula is C26H43N5S4. The van der Waals surface area contributed by atoms with Crippen LogP contribution in [0.25, 0.3) is 10.4 Å². The van der Waals surface area contributed by atoms with Gasteiger partial charge in [0.1, 0.15) is 8.64 Å². The average molecular weight is 554 g/mol. The molecule has 0 fully saturated rings. The largest absolute Gasteiger partial charge is 0.348 e. The Balaban J connectivity index is 3.20. The summed E-state index contributed by atoms with van der Waals surface area (Å²) in [7, 11) is 0. The summed E-state index contributed by atoms with van der Waals surface area (Å²) >= 11 is 15.1. The van der Waals surface area contributed by atoms with Crippen LogP contribution in [-0.4, -0.2) is 40.6 Å². The van der Waals surface area contributed by atoms with Crippen molar-refractivity contribution in [3.63, 3.8) is 0 Å². The maximum Gasteiger partial charge on any atom is 0.137 e. The van der Waals surface area contributed by atoms with Gasteiger partial charge in [-0.2, -0.15) is 0 Å². The Kier molecular flexibility index (Phi) is 11.0. The topological polar surface area (TPSA) is 55.2 Å². The van der Waals surface area contributed by atoms with Gasteiger partial charge in [0.2, 0.25) is 0 Å². The minimum absolute atomic E-state index is 0.0814. The summed E-state index contributed by atoms with van der Waals surface area (Å²) in [4.78, 5) is 7.57. The van der Waals surface area contributed by atoms with Crippen molar-refractivity contribution in [3.8, 4) is 0 Å². The van der Waals surface area contributed by atoms with Gasteiger partial charge in [-0.1, -0.05) is 65.2 Å². The van der Waals surface area contributed by atoms with Crippen LogP contribution in [0.2, 0.25) is 0 Å². The molecule has 9 heteroatoms. The zero-order chi connectivity index (χ0) is 27.4. The first-order chi connectivity index (χ1) is 15.7. The van der Waals surface area contributed by atoms with Gasteiger partial charge in [0.15, 0.2) is 0 Å². The molecule has 0 radical (unpaired) electrons. The lowest BCUT2D eigenvalue weighted by molar-refractivity contribution is 0.131. The average Bonchev–Trinajstić information content (AvgIpc) is 2.61. The lowest BCUT2D eigenvalue weighted by atomic mass is 9.97. The highest BCUT2D eigenvalue weighted by atomic mass is 32.2. The highest BCUT2D eigenvalue weighted by Gasteiger charge is 2.34. The molecule has 0 heterocycles. The lowest BCUT2D eigenvalue weighted by Crippen LogP contribution is -2.54. The maximum absolute atomic E-state index is 8.94. The Bertz CT molecular complexity index is 928. The fraction of sp³-hybridized carbons (Fsp3) is 0.692. The van der Waals surface area contributed by atoms with Crippen LogP contribution in [0.4, 0.5) is 5.69 Å². The number of thioether (sulfide) groups is 2. The van der Waals surface area contributed by atoms with Crippen LogP contribution in [0.5, 0.6) is 0 Å². The summed E-state index contributed by atoms with van der Waals surface area (Å²) in [5, 5.41) is 3.82. The molecule has 0 N–H and O–H groups in total. The van der Waals surface area contributed by atoms with Crippen molar-refractivity contribution in [1.82, 2.24) is 9.80 Å². The number of thiocarbonyl (C=S) groups is 2. The third-order valence-corrected chi connectivity index (χ3v) is 7.94. The van der Waals surface area contributed by atoms with Crippen LogP contribution in [-0.2, 0) is 11.5 Å². The Labute approximate surface area is 232 Å². The molecule has 0 aromatic heterocycles. The van der Waals surface area contributed by atoms with E-state index in [1.54, 1.807) is 23.5 Å². The van der Waals surface area contributed by atoms with E-state index in [9.17, 15) is 0 Å². The molecule has 0 bridgehead atoms. The molecule has 1 aromatic carbocycles. The second-order valence-electron chi connectivity index (χ2n) is 12.6. The third kappa shape index (κ3) is 9.77. The van der Waals surface area contributed by atoms with Crippen molar-refractivity contribution in [1.29, 1.82) is 0 Å². The monoisotopic (exact) mass is 553 g/mol. The van der Waals surface area contributed by atoms with Crippen LogP contribution in [0, 0.1) is 0 Å². The van der Waals surface area contributed by atoms with Crippen LogP contribution in [0.1, 0.15) is 94.2 Å². The number of rotatable bonds is 5. The number of hydrogen-bond acceptors (Lipinski definition) is 5. The first-order valence-electron chi connectivity index (χ1n) is 11.8. The van der Waals surface area contributed by atoms with Gasteiger partial charge in [-0.3, -0.25) is 0 Å². The molecule has 0 atom stereocenters. The molecule has 0 spiro atoms. The van der Waals surface area contributed by atoms with Crippen LogP contribution >= 0.6 is 48.0 Å². The number of benzene rings is 1. The first kappa shape index (κ1) is 32.0. The van der Waals surface area contributed by atoms with Gasteiger partial charge in [-0.05, 0) is 106 Å². The van der Waals surface area contributed by atoms with Gasteiger partial charge in [0, 0.05) is 44.3 Å². The molecule has 0 unspecified atom stereocenters. The highest BCUT2D eigenvalue weighted by Crippen LogP contribution is 2.34. The van der Waals surface area contributed by atoms with Gasteiger partial charge in [0.05, 0.1) is 0 Å². The van der Waals surface area contributed by atoms with Crippen molar-refractivity contribution in [3.05, 3.63) is 39.8 Å². The summed E-state index contributed by atoms with van der Waals surface area (Å²) < 4.78 is 1.74. The summed E-state index contributed by atoms with van der Waals surface area (Å²) in [6.07, 6.45) is 0. The Morgan fingerprint density at radius 2 is 1.11 bits per heavy atom. The quantitative estimate of drug-likeness (QED) is 0.157. The van der Waals surface area contributed by atoms with Crippen LogP contribution < -0.4 is 0 Å². The molecule has 0 saturated heterocycles. The molecule has 0 aliphatic heterocycles. The molecule has 0 aliphatic rings. The van der Waals surface area contributed by atoms with Crippen molar-refractivity contribution in [2.75, 3.05) is 0 Å². The fourth-order valence-corrected chi connectivity index (χ4v) is 8.43. The SMILES string of the molecule is CC(C)(C)N(C(=S)SCc1ccc(N=[N+]=[N-])cc1CSC(=S)N(C(C)(C)C)C(C)(C)C)C(C)(C)C.